The summed E-state index contributed by atoms with van der Waals surface area (Å²) in [5.74, 6) is 1.69. The summed E-state index contributed by atoms with van der Waals surface area (Å²) in [6.45, 7) is 7.28. The van der Waals surface area contributed by atoms with Gasteiger partial charge in [0.1, 0.15) is 16.8 Å². The molecule has 1 aromatic rings. The molecule has 2 aliphatic rings. The molecule has 1 unspecified atom stereocenters. The number of nitrogens with zero attached hydrogens (tertiary/aromatic N) is 4. The van der Waals surface area contributed by atoms with Gasteiger partial charge in [-0.3, -0.25) is 0 Å². The van der Waals surface area contributed by atoms with Crippen molar-refractivity contribution in [3.63, 3.8) is 0 Å². The van der Waals surface area contributed by atoms with Crippen molar-refractivity contribution >= 4 is 23.4 Å². The van der Waals surface area contributed by atoms with Gasteiger partial charge in [0.25, 0.3) is 0 Å². The quantitative estimate of drug-likeness (QED) is 0.864. The van der Waals surface area contributed by atoms with Crippen LogP contribution >= 0.6 is 11.6 Å². The SMILES string of the molecule is CCc1nc(Cl)c(C)c(N2CCCC(N3CCNC3=O)C2)n1. The molecule has 7 heteroatoms. The zero-order chi connectivity index (χ0) is 15.7. The smallest absolute Gasteiger partial charge is 0.317 e. The molecule has 3 heterocycles. The van der Waals surface area contributed by atoms with E-state index in [2.05, 4.69) is 20.2 Å². The van der Waals surface area contributed by atoms with Gasteiger partial charge in [0.05, 0.1) is 6.04 Å². The number of hydrogen-bond donors (Lipinski definition) is 1. The summed E-state index contributed by atoms with van der Waals surface area (Å²) in [6.07, 6.45) is 2.86. The molecule has 0 radical (unpaired) electrons. The van der Waals surface area contributed by atoms with Crippen LogP contribution in [0.5, 0.6) is 0 Å². The van der Waals surface area contributed by atoms with E-state index < -0.39 is 0 Å². The van der Waals surface area contributed by atoms with Crippen molar-refractivity contribution in [1.29, 1.82) is 0 Å². The van der Waals surface area contributed by atoms with E-state index in [9.17, 15) is 4.79 Å². The lowest BCUT2D eigenvalue weighted by atomic mass is 10.0. The molecule has 2 fully saturated rings. The number of nitrogens with one attached hydrogen (secondary N) is 1. The van der Waals surface area contributed by atoms with Crippen LogP contribution < -0.4 is 10.2 Å². The van der Waals surface area contributed by atoms with Crippen molar-refractivity contribution in [3.05, 3.63) is 16.5 Å². The average molecular weight is 324 g/mol. The summed E-state index contributed by atoms with van der Waals surface area (Å²) in [7, 11) is 0. The van der Waals surface area contributed by atoms with E-state index in [1.807, 2.05) is 18.7 Å². The first kappa shape index (κ1) is 15.3. The largest absolute Gasteiger partial charge is 0.354 e. The van der Waals surface area contributed by atoms with Crippen molar-refractivity contribution in [2.75, 3.05) is 31.1 Å². The zero-order valence-corrected chi connectivity index (χ0v) is 13.9. The monoisotopic (exact) mass is 323 g/mol. The molecule has 6 nitrogen and oxygen atoms in total. The minimum absolute atomic E-state index is 0.0542. The van der Waals surface area contributed by atoms with Crippen molar-refractivity contribution in [2.24, 2.45) is 0 Å². The molecule has 0 bridgehead atoms. The van der Waals surface area contributed by atoms with Gasteiger partial charge in [-0.2, -0.15) is 0 Å². The van der Waals surface area contributed by atoms with Crippen LogP contribution in [-0.4, -0.2) is 53.1 Å². The average Bonchev–Trinajstić information content (AvgIpc) is 2.96. The van der Waals surface area contributed by atoms with Crippen molar-refractivity contribution < 1.29 is 4.79 Å². The lowest BCUT2D eigenvalue weighted by molar-refractivity contribution is 0.189. The summed E-state index contributed by atoms with van der Waals surface area (Å²) in [4.78, 5) is 25.1. The molecule has 2 amide bonds. The maximum absolute atomic E-state index is 11.9. The highest BCUT2D eigenvalue weighted by molar-refractivity contribution is 6.30. The zero-order valence-electron chi connectivity index (χ0n) is 13.1. The topological polar surface area (TPSA) is 61.4 Å². The van der Waals surface area contributed by atoms with Crippen LogP contribution in [0.25, 0.3) is 0 Å². The fraction of sp³-hybridized carbons (Fsp3) is 0.667. The molecule has 0 spiro atoms. The van der Waals surface area contributed by atoms with Gasteiger partial charge in [-0.05, 0) is 19.8 Å². The van der Waals surface area contributed by atoms with Gasteiger partial charge < -0.3 is 15.1 Å². The molecule has 3 rings (SSSR count). The Morgan fingerprint density at radius 3 is 2.86 bits per heavy atom. The van der Waals surface area contributed by atoms with Gasteiger partial charge >= 0.3 is 6.03 Å². The van der Waals surface area contributed by atoms with E-state index in [1.54, 1.807) is 0 Å². The predicted molar refractivity (Wildman–Crippen MR) is 86.5 cm³/mol. The minimum Gasteiger partial charge on any atom is -0.354 e. The molecule has 2 saturated heterocycles. The van der Waals surface area contributed by atoms with E-state index >= 15 is 0 Å². The fourth-order valence-electron chi connectivity index (χ4n) is 3.22. The van der Waals surface area contributed by atoms with Crippen molar-refractivity contribution in [3.8, 4) is 0 Å². The lowest BCUT2D eigenvalue weighted by Gasteiger charge is -2.38. The van der Waals surface area contributed by atoms with Gasteiger partial charge in [-0.1, -0.05) is 18.5 Å². The van der Waals surface area contributed by atoms with Gasteiger partial charge in [-0.25, -0.2) is 14.8 Å². The molecule has 22 heavy (non-hydrogen) atoms. The summed E-state index contributed by atoms with van der Waals surface area (Å²) < 4.78 is 0. The van der Waals surface area contributed by atoms with Crippen molar-refractivity contribution in [1.82, 2.24) is 20.2 Å². The Bertz CT molecular complexity index is 579. The molecule has 0 aliphatic carbocycles. The second-order valence-corrected chi connectivity index (χ2v) is 6.26. The molecular weight excluding hydrogens is 302 g/mol. The van der Waals surface area contributed by atoms with E-state index in [1.165, 1.54) is 0 Å². The summed E-state index contributed by atoms with van der Waals surface area (Å²) in [5.41, 5.74) is 0.922. The van der Waals surface area contributed by atoms with Gasteiger partial charge in [0.2, 0.25) is 0 Å². The minimum atomic E-state index is 0.0542. The Morgan fingerprint density at radius 2 is 2.18 bits per heavy atom. The molecule has 2 aliphatic heterocycles. The Hall–Kier alpha value is -1.56. The number of urea groups is 1. The third kappa shape index (κ3) is 2.84. The van der Waals surface area contributed by atoms with Crippen molar-refractivity contribution in [2.45, 2.75) is 39.2 Å². The number of halogens is 1. The second-order valence-electron chi connectivity index (χ2n) is 5.90. The van der Waals surface area contributed by atoms with Gasteiger partial charge in [-0.15, -0.1) is 0 Å². The summed E-state index contributed by atoms with van der Waals surface area (Å²) >= 11 is 6.25. The normalized spacial score (nSPS) is 22.1. The Labute approximate surface area is 135 Å². The van der Waals surface area contributed by atoms with Crippen LogP contribution in [0.1, 0.15) is 31.2 Å². The highest BCUT2D eigenvalue weighted by Crippen LogP contribution is 2.27. The Morgan fingerprint density at radius 1 is 1.36 bits per heavy atom. The van der Waals surface area contributed by atoms with Crippen LogP contribution in [0, 0.1) is 6.92 Å². The highest BCUT2D eigenvalue weighted by Gasteiger charge is 2.32. The lowest BCUT2D eigenvalue weighted by Crippen LogP contribution is -2.49. The third-order valence-electron chi connectivity index (χ3n) is 4.45. The molecule has 0 saturated carbocycles. The number of carbonyl (C=O) groups excluding carboxylic acids is 1. The standard InChI is InChI=1S/C15H22ClN5O/c1-3-12-18-13(16)10(2)14(19-12)20-7-4-5-11(9-20)21-8-6-17-15(21)22/h11H,3-9H2,1-2H3,(H,17,22). The Balaban J connectivity index is 1.82. The van der Waals surface area contributed by atoms with Crippen LogP contribution in [0.3, 0.4) is 0 Å². The third-order valence-corrected chi connectivity index (χ3v) is 4.82. The van der Waals surface area contributed by atoms with Gasteiger partial charge in [0, 0.05) is 38.2 Å². The molecule has 1 N–H and O–H groups in total. The number of anilines is 1. The van der Waals surface area contributed by atoms with E-state index in [-0.39, 0.29) is 12.1 Å². The summed E-state index contributed by atoms with van der Waals surface area (Å²) in [6, 6.07) is 0.299. The highest BCUT2D eigenvalue weighted by atomic mass is 35.5. The predicted octanol–water partition coefficient (Wildman–Crippen LogP) is 1.99. The first-order valence-electron chi connectivity index (χ1n) is 7.92. The van der Waals surface area contributed by atoms with Crippen LogP contribution in [0.15, 0.2) is 0 Å². The number of piperidine rings is 1. The fourth-order valence-corrected chi connectivity index (χ4v) is 3.40. The molecule has 0 aromatic carbocycles. The maximum atomic E-state index is 11.9. The van der Waals surface area contributed by atoms with Crippen LogP contribution in [0.4, 0.5) is 10.6 Å². The molecule has 1 aromatic heterocycles. The number of aromatic nitrogens is 2. The first-order chi connectivity index (χ1) is 10.6. The first-order valence-corrected chi connectivity index (χ1v) is 8.30. The Kier molecular flexibility index (Phi) is 4.38. The van der Waals surface area contributed by atoms with E-state index in [0.29, 0.717) is 5.15 Å². The molecule has 120 valence electrons. The van der Waals surface area contributed by atoms with Gasteiger partial charge in [0.15, 0.2) is 0 Å². The maximum Gasteiger partial charge on any atom is 0.317 e. The number of rotatable bonds is 3. The van der Waals surface area contributed by atoms with Crippen LogP contribution in [-0.2, 0) is 6.42 Å². The van der Waals surface area contributed by atoms with Crippen LogP contribution in [0.2, 0.25) is 5.15 Å². The molecular formula is C15H22ClN5O. The second kappa shape index (κ2) is 6.28. The number of carbonyl (C=O) groups is 1. The van der Waals surface area contributed by atoms with E-state index in [4.69, 9.17) is 11.6 Å². The number of aryl methyl sites for hydroxylation is 1. The number of amides is 2. The number of hydrogen-bond acceptors (Lipinski definition) is 4. The molecule has 1 atom stereocenters. The summed E-state index contributed by atoms with van der Waals surface area (Å²) in [5, 5.41) is 3.41. The van der Waals surface area contributed by atoms with E-state index in [0.717, 1.165) is 62.6 Å².